The molecular formula is C22H21NO6S2. The average Bonchev–Trinajstić information content (AvgIpc) is 2.79. The number of rotatable bonds is 8. The summed E-state index contributed by atoms with van der Waals surface area (Å²) < 4.78 is 55.5. The number of anilines is 1. The van der Waals surface area contributed by atoms with Gasteiger partial charge in [0.2, 0.25) is 0 Å². The number of carbonyl (C=O) groups excluding carboxylic acids is 1. The van der Waals surface area contributed by atoms with E-state index in [1.807, 2.05) is 6.07 Å². The highest BCUT2D eigenvalue weighted by Crippen LogP contribution is 2.19. The van der Waals surface area contributed by atoms with Crippen molar-refractivity contribution in [2.75, 3.05) is 23.9 Å². The number of hydrogen-bond acceptors (Lipinski definition) is 6. The van der Waals surface area contributed by atoms with Gasteiger partial charge in [-0.2, -0.15) is 0 Å². The summed E-state index contributed by atoms with van der Waals surface area (Å²) in [7, 11) is -6.27. The number of methoxy groups -OCH3 is 1. The van der Waals surface area contributed by atoms with E-state index < -0.39 is 37.1 Å². The second-order valence-electron chi connectivity index (χ2n) is 6.66. The van der Waals surface area contributed by atoms with Crippen LogP contribution in [-0.4, -0.2) is 41.4 Å². The van der Waals surface area contributed by atoms with Crippen LogP contribution in [0.1, 0.15) is 10.4 Å². The Bertz CT molecular complexity index is 1270. The number of para-hydroxylation sites is 1. The summed E-state index contributed by atoms with van der Waals surface area (Å²) in [4.78, 5) is 12.3. The van der Waals surface area contributed by atoms with Crippen molar-refractivity contribution < 1.29 is 26.4 Å². The van der Waals surface area contributed by atoms with Gasteiger partial charge in [0, 0.05) is 11.3 Å². The van der Waals surface area contributed by atoms with Gasteiger partial charge in [0.15, 0.2) is 19.7 Å². The second-order valence-corrected chi connectivity index (χ2v) is 10.9. The molecule has 1 amide bonds. The van der Waals surface area contributed by atoms with E-state index in [1.54, 1.807) is 24.3 Å². The minimum Gasteiger partial charge on any atom is -0.497 e. The molecule has 0 aromatic heterocycles. The molecule has 0 aliphatic heterocycles. The van der Waals surface area contributed by atoms with Gasteiger partial charge in [-0.05, 0) is 54.6 Å². The van der Waals surface area contributed by atoms with Crippen LogP contribution in [-0.2, 0) is 19.7 Å². The molecule has 0 radical (unpaired) electrons. The molecule has 0 bridgehead atoms. The quantitative estimate of drug-likeness (QED) is 0.554. The lowest BCUT2D eigenvalue weighted by Gasteiger charge is -2.09. The Morgan fingerprint density at radius 2 is 1.39 bits per heavy atom. The van der Waals surface area contributed by atoms with E-state index in [2.05, 4.69) is 5.32 Å². The number of ether oxygens (including phenoxy) is 1. The molecule has 0 atom stereocenters. The van der Waals surface area contributed by atoms with E-state index in [4.69, 9.17) is 4.74 Å². The minimum atomic E-state index is -3.93. The normalized spacial score (nSPS) is 11.6. The summed E-state index contributed by atoms with van der Waals surface area (Å²) in [6.45, 7) is 0. The Labute approximate surface area is 181 Å². The molecule has 0 saturated carbocycles. The molecule has 0 fully saturated rings. The van der Waals surface area contributed by atoms with Crippen LogP contribution in [0.4, 0.5) is 5.69 Å². The predicted molar refractivity (Wildman–Crippen MR) is 118 cm³/mol. The van der Waals surface area contributed by atoms with Gasteiger partial charge < -0.3 is 10.1 Å². The third-order valence-corrected chi connectivity index (χ3v) is 8.23. The van der Waals surface area contributed by atoms with Gasteiger partial charge in [0.05, 0.1) is 28.4 Å². The third kappa shape index (κ3) is 5.71. The van der Waals surface area contributed by atoms with Crippen LogP contribution in [0.15, 0.2) is 88.7 Å². The Balaban J connectivity index is 1.74. The van der Waals surface area contributed by atoms with Crippen molar-refractivity contribution >= 4 is 31.3 Å². The number of hydrogen-bond donors (Lipinski definition) is 1. The zero-order valence-electron chi connectivity index (χ0n) is 16.7. The molecule has 0 saturated heterocycles. The Hall–Kier alpha value is -3.17. The highest BCUT2D eigenvalue weighted by Gasteiger charge is 2.22. The Morgan fingerprint density at radius 1 is 0.774 bits per heavy atom. The zero-order valence-corrected chi connectivity index (χ0v) is 18.3. The molecule has 0 spiro atoms. The van der Waals surface area contributed by atoms with Gasteiger partial charge in [0.25, 0.3) is 5.91 Å². The van der Waals surface area contributed by atoms with Crippen LogP contribution < -0.4 is 10.1 Å². The Morgan fingerprint density at radius 3 is 2.00 bits per heavy atom. The summed E-state index contributed by atoms with van der Waals surface area (Å²) in [6, 6.07) is 20.0. The van der Waals surface area contributed by atoms with Crippen molar-refractivity contribution in [3.8, 4) is 5.75 Å². The van der Waals surface area contributed by atoms with E-state index in [-0.39, 0.29) is 15.4 Å². The van der Waals surface area contributed by atoms with Gasteiger partial charge in [0.1, 0.15) is 5.75 Å². The molecule has 31 heavy (non-hydrogen) atoms. The van der Waals surface area contributed by atoms with E-state index in [9.17, 15) is 21.6 Å². The first kappa shape index (κ1) is 22.5. The van der Waals surface area contributed by atoms with Crippen LogP contribution in [0.2, 0.25) is 0 Å². The smallest absolute Gasteiger partial charge is 0.255 e. The van der Waals surface area contributed by atoms with Crippen LogP contribution in [0.5, 0.6) is 5.75 Å². The lowest BCUT2D eigenvalue weighted by Crippen LogP contribution is -2.18. The fraction of sp³-hybridized carbons (Fsp3) is 0.136. The lowest BCUT2D eigenvalue weighted by atomic mass is 10.2. The van der Waals surface area contributed by atoms with E-state index in [0.29, 0.717) is 11.4 Å². The summed E-state index contributed by atoms with van der Waals surface area (Å²) in [5.74, 6) is -1.15. The topological polar surface area (TPSA) is 107 Å². The summed E-state index contributed by atoms with van der Waals surface area (Å²) in [5, 5.41) is 2.68. The molecule has 3 aromatic carbocycles. The number of carbonyl (C=O) groups is 1. The highest BCUT2D eigenvalue weighted by atomic mass is 32.2. The molecule has 0 unspecified atom stereocenters. The number of sulfone groups is 2. The fourth-order valence-corrected chi connectivity index (χ4v) is 6.16. The largest absolute Gasteiger partial charge is 0.497 e. The molecule has 3 rings (SSSR count). The standard InChI is InChI=1S/C22H21NO6S2/c1-29-19-10-12-20(13-11-19)30(25,26)14-15-31(27,28)21-9-5-6-17(16-21)22(24)23-18-7-3-2-4-8-18/h2-13,16H,14-15H2,1H3,(H,23,24). The average molecular weight is 460 g/mol. The number of benzene rings is 3. The lowest BCUT2D eigenvalue weighted by molar-refractivity contribution is 0.102. The minimum absolute atomic E-state index is 0.0134. The van der Waals surface area contributed by atoms with Crippen molar-refractivity contribution in [1.82, 2.24) is 0 Å². The van der Waals surface area contributed by atoms with Crippen molar-refractivity contribution in [1.29, 1.82) is 0 Å². The highest BCUT2D eigenvalue weighted by molar-refractivity contribution is 7.95. The molecule has 3 aromatic rings. The second kappa shape index (κ2) is 9.32. The van der Waals surface area contributed by atoms with E-state index in [0.717, 1.165) is 0 Å². The maximum atomic E-state index is 12.7. The summed E-state index contributed by atoms with van der Waals surface area (Å²) >= 11 is 0. The molecular weight excluding hydrogens is 438 g/mol. The van der Waals surface area contributed by atoms with Crippen molar-refractivity contribution in [2.24, 2.45) is 0 Å². The zero-order chi connectivity index (χ0) is 22.5. The Kier molecular flexibility index (Phi) is 6.77. The van der Waals surface area contributed by atoms with Crippen molar-refractivity contribution in [3.63, 3.8) is 0 Å². The molecule has 0 aliphatic rings. The van der Waals surface area contributed by atoms with E-state index in [1.165, 1.54) is 55.6 Å². The van der Waals surface area contributed by atoms with Gasteiger partial charge in [-0.25, -0.2) is 16.8 Å². The third-order valence-electron chi connectivity index (χ3n) is 4.53. The molecule has 0 heterocycles. The summed E-state index contributed by atoms with van der Waals surface area (Å²) in [6.07, 6.45) is 0. The first-order chi connectivity index (χ1) is 14.7. The SMILES string of the molecule is COc1ccc(S(=O)(=O)CCS(=O)(=O)c2cccc(C(=O)Nc3ccccc3)c2)cc1. The predicted octanol–water partition coefficient (Wildman–Crippen LogP) is 3.20. The van der Waals surface area contributed by atoms with Crippen LogP contribution in [0.3, 0.4) is 0 Å². The molecule has 162 valence electrons. The molecule has 9 heteroatoms. The molecule has 0 aliphatic carbocycles. The van der Waals surface area contributed by atoms with Gasteiger partial charge in [-0.1, -0.05) is 24.3 Å². The number of nitrogens with one attached hydrogen (secondary N) is 1. The molecule has 1 N–H and O–H groups in total. The van der Waals surface area contributed by atoms with Crippen LogP contribution in [0, 0.1) is 0 Å². The van der Waals surface area contributed by atoms with Gasteiger partial charge >= 0.3 is 0 Å². The molecule has 7 nitrogen and oxygen atoms in total. The maximum Gasteiger partial charge on any atom is 0.255 e. The first-order valence-electron chi connectivity index (χ1n) is 9.27. The maximum absolute atomic E-state index is 12.7. The fourth-order valence-electron chi connectivity index (χ4n) is 2.79. The first-order valence-corrected chi connectivity index (χ1v) is 12.6. The van der Waals surface area contributed by atoms with Crippen molar-refractivity contribution in [3.05, 3.63) is 84.4 Å². The van der Waals surface area contributed by atoms with E-state index >= 15 is 0 Å². The van der Waals surface area contributed by atoms with Crippen LogP contribution in [0.25, 0.3) is 0 Å². The summed E-state index contributed by atoms with van der Waals surface area (Å²) in [5.41, 5.74) is 0.731. The van der Waals surface area contributed by atoms with Crippen LogP contribution >= 0.6 is 0 Å². The van der Waals surface area contributed by atoms with Gasteiger partial charge in [-0.3, -0.25) is 4.79 Å². The monoisotopic (exact) mass is 459 g/mol. The number of amides is 1. The van der Waals surface area contributed by atoms with Crippen molar-refractivity contribution in [2.45, 2.75) is 9.79 Å². The van der Waals surface area contributed by atoms with Gasteiger partial charge in [-0.15, -0.1) is 0 Å².